The van der Waals surface area contributed by atoms with E-state index in [0.29, 0.717) is 5.69 Å². The number of nitriles is 1. The predicted octanol–water partition coefficient (Wildman–Crippen LogP) is 3.96. The van der Waals surface area contributed by atoms with Crippen molar-refractivity contribution in [3.8, 4) is 5.97 Å². The Morgan fingerprint density at radius 1 is 1.48 bits per heavy atom. The molecular weight excluding hydrogens is 406 g/mol. The number of aromatic nitrogens is 1. The molecule has 0 unspecified atom stereocenters. The van der Waals surface area contributed by atoms with Crippen molar-refractivity contribution in [2.75, 3.05) is 30.4 Å². The van der Waals surface area contributed by atoms with E-state index in [1.807, 2.05) is 0 Å². The first-order valence-corrected chi connectivity index (χ1v) is 9.42. The molecule has 0 saturated carbocycles. The molecule has 1 saturated heterocycles. The number of benzene rings is 1. The van der Waals surface area contributed by atoms with Crippen LogP contribution in [0.25, 0.3) is 0 Å². The van der Waals surface area contributed by atoms with Gasteiger partial charge in [0.05, 0.1) is 11.4 Å². The fraction of sp³-hybridized carbons (Fsp3) is 0.312. The number of aldehydes is 1. The van der Waals surface area contributed by atoms with Crippen LogP contribution in [0.2, 0.25) is 12.6 Å². The number of nitrogens with zero attached hydrogens (tertiary/aromatic N) is 3. The highest BCUT2D eigenvalue weighted by Gasteiger charge is 2.23. The maximum atomic E-state index is 13.1. The van der Waals surface area contributed by atoms with E-state index in [0.717, 1.165) is 47.3 Å². The van der Waals surface area contributed by atoms with Crippen LogP contribution in [0.15, 0.2) is 27.5 Å². The zero-order chi connectivity index (χ0) is 18.2. The summed E-state index contributed by atoms with van der Waals surface area (Å²) in [4.78, 5) is 15.9. The molecule has 2 heterocycles. The van der Waals surface area contributed by atoms with Gasteiger partial charge in [-0.2, -0.15) is 0 Å². The van der Waals surface area contributed by atoms with E-state index in [1.54, 1.807) is 18.5 Å². The van der Waals surface area contributed by atoms with E-state index >= 15 is 0 Å². The summed E-state index contributed by atoms with van der Waals surface area (Å²) in [5.74, 6) is 2.08. The molecule has 0 spiro atoms. The molecule has 1 aliphatic heterocycles. The first-order valence-electron chi connectivity index (χ1n) is 7.75. The number of halogens is 2. The summed E-state index contributed by atoms with van der Waals surface area (Å²) in [6.45, 7) is 1.89. The van der Waals surface area contributed by atoms with Crippen LogP contribution in [0.3, 0.4) is 0 Å². The third-order valence-corrected chi connectivity index (χ3v) is 5.24. The van der Waals surface area contributed by atoms with Crippen molar-refractivity contribution >= 4 is 51.6 Å². The molecule has 1 N–H and O–H groups in total. The molecule has 0 bridgehead atoms. The predicted molar refractivity (Wildman–Crippen MR) is 104 cm³/mol. The molecular formula is C16H17BBrFN4OS. The number of hydrogen-bond donors (Lipinski definition) is 1. The Bertz CT molecular complexity index is 759. The Morgan fingerprint density at radius 3 is 2.68 bits per heavy atom. The number of rotatable bonds is 3. The molecule has 2 aromatic rings. The molecule has 0 amide bonds. The minimum absolute atomic E-state index is 0.171. The second-order valence-corrected chi connectivity index (χ2v) is 7.58. The Labute approximate surface area is 159 Å². The van der Waals surface area contributed by atoms with E-state index in [-0.39, 0.29) is 12.5 Å². The van der Waals surface area contributed by atoms with Crippen LogP contribution in [-0.4, -0.2) is 38.1 Å². The van der Waals surface area contributed by atoms with Crippen LogP contribution in [0.1, 0.15) is 10.5 Å². The summed E-state index contributed by atoms with van der Waals surface area (Å²) >= 11 is 4.52. The lowest BCUT2D eigenvalue weighted by molar-refractivity contribution is 0.111. The number of hydrogen-bond acceptors (Lipinski definition) is 6. The molecule has 1 aliphatic rings. The van der Waals surface area contributed by atoms with E-state index < -0.39 is 0 Å². The van der Waals surface area contributed by atoms with Crippen LogP contribution in [-0.2, 0) is 0 Å². The molecule has 0 aliphatic carbocycles. The van der Waals surface area contributed by atoms with E-state index in [2.05, 4.69) is 37.1 Å². The van der Waals surface area contributed by atoms with Gasteiger partial charge >= 0.3 is 0 Å². The second kappa shape index (κ2) is 9.54. The van der Waals surface area contributed by atoms with E-state index in [9.17, 15) is 9.18 Å². The largest absolute Gasteiger partial charge is 0.386 e. The van der Waals surface area contributed by atoms with Crippen molar-refractivity contribution in [2.24, 2.45) is 0 Å². The monoisotopic (exact) mass is 422 g/mol. The number of anilines is 2. The van der Waals surface area contributed by atoms with E-state index in [1.165, 1.54) is 23.5 Å². The fourth-order valence-corrected chi connectivity index (χ4v) is 3.52. The molecule has 3 rings (SSSR count). The normalized spacial score (nSPS) is 13.5. The Kier molecular flexibility index (Phi) is 7.41. The lowest BCUT2D eigenvalue weighted by Gasteiger charge is -2.31. The minimum Gasteiger partial charge on any atom is -0.386 e. The van der Waals surface area contributed by atoms with Gasteiger partial charge in [0.15, 0.2) is 10.2 Å². The van der Waals surface area contributed by atoms with Crippen molar-refractivity contribution < 1.29 is 9.18 Å². The highest BCUT2D eigenvalue weighted by Crippen LogP contribution is 2.29. The molecule has 0 atom stereocenters. The molecule has 130 valence electrons. The molecule has 25 heavy (non-hydrogen) atoms. The number of thiazole rings is 1. The fourth-order valence-electron chi connectivity index (χ4n) is 2.55. The van der Waals surface area contributed by atoms with Crippen LogP contribution in [0.5, 0.6) is 0 Å². The topological polar surface area (TPSA) is 69.0 Å². The molecule has 9 heteroatoms. The minimum atomic E-state index is -0.231. The maximum Gasteiger partial charge on any atom is 0.271 e. The van der Waals surface area contributed by atoms with Crippen LogP contribution in [0.4, 0.5) is 15.8 Å². The van der Waals surface area contributed by atoms with Crippen molar-refractivity contribution in [1.29, 1.82) is 5.26 Å². The first kappa shape index (κ1) is 19.4. The first-order chi connectivity index (χ1) is 12.1. The Morgan fingerprint density at radius 2 is 2.20 bits per heavy atom. The van der Waals surface area contributed by atoms with Crippen molar-refractivity contribution in [2.45, 2.75) is 12.6 Å². The lowest BCUT2D eigenvalue weighted by atomic mass is 9.45. The Balaban J connectivity index is 0.000000236. The Hall–Kier alpha value is -1.92. The van der Waals surface area contributed by atoms with Crippen LogP contribution in [0, 0.1) is 17.0 Å². The average Bonchev–Trinajstić information content (AvgIpc) is 3.08. The molecule has 1 fully saturated rings. The number of nitrogens with one attached hydrogen (secondary N) is 1. The summed E-state index contributed by atoms with van der Waals surface area (Å²) < 4.78 is 13.9. The highest BCUT2D eigenvalue weighted by atomic mass is 79.9. The van der Waals surface area contributed by atoms with Gasteiger partial charge in [-0.05, 0) is 46.8 Å². The molecule has 5 nitrogen and oxygen atoms in total. The third-order valence-electron chi connectivity index (χ3n) is 3.86. The van der Waals surface area contributed by atoms with Gasteiger partial charge in [-0.1, -0.05) is 0 Å². The SMILES string of the molecule is CNc1cc(F)ccc1N1CCB(C#N)CC1.O=Cc1csc(Br)n1. The van der Waals surface area contributed by atoms with Gasteiger partial charge in [-0.25, -0.2) is 14.6 Å². The van der Waals surface area contributed by atoms with E-state index in [4.69, 9.17) is 5.26 Å². The maximum absolute atomic E-state index is 13.1. The smallest absolute Gasteiger partial charge is 0.271 e. The van der Waals surface area contributed by atoms with Gasteiger partial charge in [0.25, 0.3) is 6.71 Å². The summed E-state index contributed by atoms with van der Waals surface area (Å²) in [6, 6.07) is 4.78. The molecule has 1 aromatic carbocycles. The zero-order valence-corrected chi connectivity index (χ0v) is 16.1. The standard InChI is InChI=1S/C12H15BFN3.C4H2BrNOS/c1-16-11-8-10(14)2-3-12(11)17-6-4-13(9-15)5-7-17;5-4-6-3(1-7)2-8-4/h2-3,8,16H,4-7H2,1H3;1-2H. The van der Waals surface area contributed by atoms with Crippen LogP contribution >= 0.6 is 27.3 Å². The van der Waals surface area contributed by atoms with Gasteiger partial charge in [0.1, 0.15) is 11.5 Å². The summed E-state index contributed by atoms with van der Waals surface area (Å²) in [5.41, 5.74) is 2.31. The van der Waals surface area contributed by atoms with Crippen LogP contribution < -0.4 is 10.2 Å². The molecule has 1 aromatic heterocycles. The number of carbonyl (C=O) groups is 1. The third kappa shape index (κ3) is 5.54. The highest BCUT2D eigenvalue weighted by molar-refractivity contribution is 9.11. The van der Waals surface area contributed by atoms with Gasteiger partial charge in [0, 0.05) is 31.5 Å². The van der Waals surface area contributed by atoms with Gasteiger partial charge in [-0.15, -0.1) is 11.3 Å². The van der Waals surface area contributed by atoms with Gasteiger partial charge in [0.2, 0.25) is 0 Å². The van der Waals surface area contributed by atoms with Gasteiger partial charge < -0.3 is 10.2 Å². The van der Waals surface area contributed by atoms with Gasteiger partial charge in [-0.3, -0.25) is 4.79 Å². The molecule has 0 radical (unpaired) electrons. The summed E-state index contributed by atoms with van der Waals surface area (Å²) in [7, 11) is 1.79. The lowest BCUT2D eigenvalue weighted by Crippen LogP contribution is -2.36. The summed E-state index contributed by atoms with van der Waals surface area (Å²) in [5, 5.41) is 13.6. The second-order valence-electron chi connectivity index (χ2n) is 5.45. The van der Waals surface area contributed by atoms with Crippen molar-refractivity contribution in [1.82, 2.24) is 4.98 Å². The average molecular weight is 423 g/mol. The number of carbonyl (C=O) groups excluding carboxylic acids is 1. The van der Waals surface area contributed by atoms with Crippen molar-refractivity contribution in [3.63, 3.8) is 0 Å². The summed E-state index contributed by atoms with van der Waals surface area (Å²) in [6.07, 6.45) is 2.50. The quantitative estimate of drug-likeness (QED) is 0.598. The zero-order valence-electron chi connectivity index (χ0n) is 13.7. The van der Waals surface area contributed by atoms with Crippen molar-refractivity contribution in [3.05, 3.63) is 39.0 Å².